The largest absolute Gasteiger partial charge is 0.465 e. The molecule has 1 atom stereocenters. The van der Waals surface area contributed by atoms with Crippen LogP contribution in [0.4, 0.5) is 0 Å². The molecular weight excluding hydrogens is 588 g/mol. The molecule has 0 aliphatic carbocycles. The van der Waals surface area contributed by atoms with Gasteiger partial charge in [-0.15, -0.1) is 0 Å². The van der Waals surface area contributed by atoms with Crippen molar-refractivity contribution in [3.05, 3.63) is 12.2 Å². The average Bonchev–Trinajstić information content (AvgIpc) is 3.00. The van der Waals surface area contributed by atoms with Crippen molar-refractivity contribution < 1.29 is 38.2 Å². The number of amides is 2. The first-order chi connectivity index (χ1) is 22.0. The number of hydrogen-bond donors (Lipinski definition) is 1. The van der Waals surface area contributed by atoms with Crippen molar-refractivity contribution in [2.45, 2.75) is 156 Å². The summed E-state index contributed by atoms with van der Waals surface area (Å²) in [6, 6.07) is 0. The molecule has 1 saturated heterocycles. The van der Waals surface area contributed by atoms with E-state index >= 15 is 0 Å². The molecule has 1 aliphatic rings. The van der Waals surface area contributed by atoms with Crippen LogP contribution in [-0.2, 0) is 38.2 Å². The summed E-state index contributed by atoms with van der Waals surface area (Å²) in [4.78, 5) is 62.4. The van der Waals surface area contributed by atoms with E-state index in [1.165, 1.54) is 71.6 Å². The Balaban J connectivity index is 2.17. The third-order valence-corrected chi connectivity index (χ3v) is 8.25. The number of piperidine rings is 1. The Morgan fingerprint density at radius 3 is 1.93 bits per heavy atom. The SMILES string of the molecule is CCCCCCCC/C=C\CCCCCCCC(=O)N1CCC(OC(=O)CCNC(=O)C(OC(C)=O)C(C)(C)COC(C)=O)CC1. The monoisotopic (exact) mass is 650 g/mol. The van der Waals surface area contributed by atoms with E-state index in [4.69, 9.17) is 14.2 Å². The molecule has 1 fully saturated rings. The van der Waals surface area contributed by atoms with Gasteiger partial charge >= 0.3 is 17.9 Å². The normalized spacial score (nSPS) is 14.6. The molecule has 1 unspecified atom stereocenters. The lowest BCUT2D eigenvalue weighted by Gasteiger charge is -2.32. The molecule has 0 spiro atoms. The first kappa shape index (κ1) is 41.1. The predicted octanol–water partition coefficient (Wildman–Crippen LogP) is 6.59. The number of hydrogen-bond acceptors (Lipinski definition) is 8. The highest BCUT2D eigenvalue weighted by Gasteiger charge is 2.39. The van der Waals surface area contributed by atoms with Crippen LogP contribution in [0.1, 0.15) is 144 Å². The fourth-order valence-corrected chi connectivity index (χ4v) is 5.45. The highest BCUT2D eigenvalue weighted by molar-refractivity contribution is 5.84. The van der Waals surface area contributed by atoms with Crippen LogP contribution in [0.2, 0.25) is 0 Å². The van der Waals surface area contributed by atoms with Crippen LogP contribution in [0.3, 0.4) is 0 Å². The quantitative estimate of drug-likeness (QED) is 0.0537. The Morgan fingerprint density at radius 1 is 0.804 bits per heavy atom. The van der Waals surface area contributed by atoms with E-state index in [9.17, 15) is 24.0 Å². The number of carbonyl (C=O) groups excluding carboxylic acids is 5. The minimum atomic E-state index is -1.20. The number of allylic oxidation sites excluding steroid dienone is 2. The molecule has 0 aromatic carbocycles. The second-order valence-corrected chi connectivity index (χ2v) is 13.2. The van der Waals surface area contributed by atoms with Gasteiger partial charge in [-0.25, -0.2) is 0 Å². The molecule has 1 rings (SSSR count). The van der Waals surface area contributed by atoms with E-state index in [0.717, 1.165) is 25.7 Å². The number of ether oxygens (including phenoxy) is 3. The molecular formula is C36H62N2O8. The Hall–Kier alpha value is -2.91. The second-order valence-electron chi connectivity index (χ2n) is 13.2. The molecule has 2 amide bonds. The molecule has 0 radical (unpaired) electrons. The summed E-state index contributed by atoms with van der Waals surface area (Å²) in [5.74, 6) is -2.01. The van der Waals surface area contributed by atoms with Crippen LogP contribution in [-0.4, -0.2) is 73.1 Å². The Morgan fingerprint density at radius 2 is 1.37 bits per heavy atom. The zero-order chi connectivity index (χ0) is 34.2. The van der Waals surface area contributed by atoms with Crippen LogP contribution in [0.15, 0.2) is 12.2 Å². The molecule has 264 valence electrons. The molecule has 1 N–H and O–H groups in total. The van der Waals surface area contributed by atoms with Crippen molar-refractivity contribution in [1.82, 2.24) is 10.2 Å². The standard InChI is InChI=1S/C36H62N2O8/c1-6-7-8-9-10-11-12-13-14-15-16-17-18-19-20-21-32(41)38-26-23-31(24-27-38)46-33(42)22-25-37-35(43)34(45-30(3)40)36(4,5)28-44-29(2)39/h13-14,31,34H,6-12,15-28H2,1-5H3,(H,37,43)/b14-13-. The highest BCUT2D eigenvalue weighted by atomic mass is 16.6. The van der Waals surface area contributed by atoms with E-state index < -0.39 is 35.3 Å². The lowest BCUT2D eigenvalue weighted by Crippen LogP contribution is -2.49. The van der Waals surface area contributed by atoms with Crippen molar-refractivity contribution in [3.8, 4) is 0 Å². The third-order valence-electron chi connectivity index (χ3n) is 8.25. The van der Waals surface area contributed by atoms with Gasteiger partial charge in [0.1, 0.15) is 12.7 Å². The summed E-state index contributed by atoms with van der Waals surface area (Å²) in [5.41, 5.74) is -0.975. The van der Waals surface area contributed by atoms with Gasteiger partial charge < -0.3 is 24.4 Å². The number of esters is 3. The summed E-state index contributed by atoms with van der Waals surface area (Å²) in [7, 11) is 0. The van der Waals surface area contributed by atoms with Crippen molar-refractivity contribution in [3.63, 3.8) is 0 Å². The van der Waals surface area contributed by atoms with Crippen LogP contribution in [0.5, 0.6) is 0 Å². The minimum Gasteiger partial charge on any atom is -0.465 e. The maximum absolute atomic E-state index is 12.7. The molecule has 10 heteroatoms. The van der Waals surface area contributed by atoms with Gasteiger partial charge in [-0.1, -0.05) is 84.3 Å². The van der Waals surface area contributed by atoms with Gasteiger partial charge in [-0.05, 0) is 32.1 Å². The van der Waals surface area contributed by atoms with Gasteiger partial charge in [0.15, 0.2) is 6.10 Å². The van der Waals surface area contributed by atoms with Gasteiger partial charge in [0, 0.05) is 58.2 Å². The van der Waals surface area contributed by atoms with Crippen molar-refractivity contribution in [2.24, 2.45) is 5.41 Å². The molecule has 0 aromatic heterocycles. The van der Waals surface area contributed by atoms with Gasteiger partial charge in [0.05, 0.1) is 6.42 Å². The lowest BCUT2D eigenvalue weighted by molar-refractivity contribution is -0.167. The minimum absolute atomic E-state index is 0.00631. The number of nitrogens with zero attached hydrogens (tertiary/aromatic N) is 1. The summed E-state index contributed by atoms with van der Waals surface area (Å²) < 4.78 is 15.8. The van der Waals surface area contributed by atoms with E-state index in [0.29, 0.717) is 32.4 Å². The highest BCUT2D eigenvalue weighted by Crippen LogP contribution is 2.25. The molecule has 0 aromatic rings. The Kier molecular flexibility index (Phi) is 21.7. The molecule has 1 aliphatic heterocycles. The maximum Gasteiger partial charge on any atom is 0.307 e. The Labute approximate surface area is 277 Å². The van der Waals surface area contributed by atoms with Crippen molar-refractivity contribution >= 4 is 29.7 Å². The first-order valence-corrected chi connectivity index (χ1v) is 17.7. The molecule has 0 bridgehead atoms. The van der Waals surface area contributed by atoms with Crippen LogP contribution in [0, 0.1) is 5.41 Å². The fourth-order valence-electron chi connectivity index (χ4n) is 5.45. The van der Waals surface area contributed by atoms with Gasteiger partial charge in [-0.2, -0.15) is 0 Å². The molecule has 0 saturated carbocycles. The van der Waals surface area contributed by atoms with Crippen LogP contribution in [0.25, 0.3) is 0 Å². The predicted molar refractivity (Wildman–Crippen MR) is 179 cm³/mol. The maximum atomic E-state index is 12.7. The second kappa shape index (κ2) is 24.3. The molecule has 46 heavy (non-hydrogen) atoms. The van der Waals surface area contributed by atoms with Crippen LogP contribution >= 0.6 is 0 Å². The number of rotatable bonds is 24. The van der Waals surface area contributed by atoms with E-state index in [1.54, 1.807) is 13.8 Å². The topological polar surface area (TPSA) is 128 Å². The summed E-state index contributed by atoms with van der Waals surface area (Å²) >= 11 is 0. The first-order valence-electron chi connectivity index (χ1n) is 17.7. The van der Waals surface area contributed by atoms with E-state index in [-0.39, 0.29) is 31.6 Å². The lowest BCUT2D eigenvalue weighted by atomic mass is 9.86. The number of unbranched alkanes of at least 4 members (excludes halogenated alkanes) is 11. The zero-order valence-corrected chi connectivity index (χ0v) is 29.4. The molecule has 10 nitrogen and oxygen atoms in total. The van der Waals surface area contributed by atoms with Crippen molar-refractivity contribution in [2.75, 3.05) is 26.2 Å². The zero-order valence-electron chi connectivity index (χ0n) is 29.4. The van der Waals surface area contributed by atoms with E-state index in [1.807, 2.05) is 4.90 Å². The average molecular weight is 651 g/mol. The smallest absolute Gasteiger partial charge is 0.307 e. The number of likely N-dealkylation sites (tertiary alicyclic amines) is 1. The number of carbonyl (C=O) groups is 5. The van der Waals surface area contributed by atoms with E-state index in [2.05, 4.69) is 24.4 Å². The summed E-state index contributed by atoms with van der Waals surface area (Å²) in [6.45, 7) is 9.02. The van der Waals surface area contributed by atoms with Gasteiger partial charge in [0.25, 0.3) is 5.91 Å². The molecule has 1 heterocycles. The number of nitrogens with one attached hydrogen (secondary N) is 1. The third kappa shape index (κ3) is 19.6. The summed E-state index contributed by atoms with van der Waals surface area (Å²) in [6.07, 6.45) is 20.9. The van der Waals surface area contributed by atoms with Gasteiger partial charge in [-0.3, -0.25) is 24.0 Å². The van der Waals surface area contributed by atoms with Crippen LogP contribution < -0.4 is 5.32 Å². The fraction of sp³-hybridized carbons (Fsp3) is 0.806. The van der Waals surface area contributed by atoms with Crippen molar-refractivity contribution in [1.29, 1.82) is 0 Å². The van der Waals surface area contributed by atoms with Gasteiger partial charge in [0.2, 0.25) is 5.91 Å². The summed E-state index contributed by atoms with van der Waals surface area (Å²) in [5, 5.41) is 2.61. The Bertz CT molecular complexity index is 940.